The van der Waals surface area contributed by atoms with Gasteiger partial charge in [-0.15, -0.1) is 0 Å². The third-order valence-electron chi connectivity index (χ3n) is 3.22. The number of hydrogen-bond acceptors (Lipinski definition) is 4. The molecule has 2 heterocycles. The molecule has 1 atom stereocenters. The van der Waals surface area contributed by atoms with E-state index in [4.69, 9.17) is 4.52 Å². The second-order valence-corrected chi connectivity index (χ2v) is 5.92. The van der Waals surface area contributed by atoms with Gasteiger partial charge in [0, 0.05) is 5.41 Å². The molecule has 1 fully saturated rings. The summed E-state index contributed by atoms with van der Waals surface area (Å²) in [5, 5.41) is 7.60. The SMILES string of the molecule is CC(C)(C)c1noc(C2CCCCCCN2)n1. The van der Waals surface area contributed by atoms with Crippen LogP contribution in [-0.4, -0.2) is 16.7 Å². The first-order valence-electron chi connectivity index (χ1n) is 6.65. The molecule has 2 rings (SSSR count). The fraction of sp³-hybridized carbons (Fsp3) is 0.846. The van der Waals surface area contributed by atoms with Gasteiger partial charge >= 0.3 is 0 Å². The highest BCUT2D eigenvalue weighted by atomic mass is 16.5. The average Bonchev–Trinajstić information content (AvgIpc) is 2.65. The number of nitrogens with zero attached hydrogens (tertiary/aromatic N) is 2. The first-order chi connectivity index (χ1) is 8.07. The van der Waals surface area contributed by atoms with E-state index in [0.29, 0.717) is 0 Å². The summed E-state index contributed by atoms with van der Waals surface area (Å²) in [6.45, 7) is 7.37. The summed E-state index contributed by atoms with van der Waals surface area (Å²) < 4.78 is 5.40. The van der Waals surface area contributed by atoms with Crippen LogP contribution in [0.1, 0.15) is 70.6 Å². The van der Waals surface area contributed by atoms with E-state index in [1.165, 1.54) is 25.7 Å². The Morgan fingerprint density at radius 1 is 1.18 bits per heavy atom. The Morgan fingerprint density at radius 3 is 2.65 bits per heavy atom. The van der Waals surface area contributed by atoms with E-state index in [0.717, 1.165) is 24.7 Å². The minimum atomic E-state index is -0.0383. The normalized spacial score (nSPS) is 23.1. The van der Waals surface area contributed by atoms with Gasteiger partial charge in [0.25, 0.3) is 0 Å². The lowest BCUT2D eigenvalue weighted by Crippen LogP contribution is -2.24. The van der Waals surface area contributed by atoms with E-state index in [-0.39, 0.29) is 11.5 Å². The van der Waals surface area contributed by atoms with E-state index < -0.39 is 0 Å². The van der Waals surface area contributed by atoms with Crippen molar-refractivity contribution in [1.29, 1.82) is 0 Å². The van der Waals surface area contributed by atoms with Gasteiger partial charge in [-0.25, -0.2) is 0 Å². The molecule has 0 aromatic carbocycles. The van der Waals surface area contributed by atoms with Gasteiger partial charge in [0.15, 0.2) is 5.82 Å². The van der Waals surface area contributed by atoms with Crippen LogP contribution in [0.3, 0.4) is 0 Å². The molecule has 96 valence electrons. The Morgan fingerprint density at radius 2 is 1.94 bits per heavy atom. The van der Waals surface area contributed by atoms with Crippen LogP contribution in [0.2, 0.25) is 0 Å². The highest BCUT2D eigenvalue weighted by molar-refractivity contribution is 5.02. The molecule has 4 nitrogen and oxygen atoms in total. The Bertz CT molecular complexity index is 346. The van der Waals surface area contributed by atoms with Crippen LogP contribution in [0.5, 0.6) is 0 Å². The van der Waals surface area contributed by atoms with Crippen molar-refractivity contribution in [2.24, 2.45) is 0 Å². The van der Waals surface area contributed by atoms with Crippen LogP contribution < -0.4 is 5.32 Å². The number of hydrogen-bond donors (Lipinski definition) is 1. The van der Waals surface area contributed by atoms with Crippen LogP contribution in [0.4, 0.5) is 0 Å². The summed E-state index contributed by atoms with van der Waals surface area (Å²) in [6.07, 6.45) is 6.24. The molecule has 1 unspecified atom stereocenters. The molecule has 0 saturated carbocycles. The summed E-state index contributed by atoms with van der Waals surface area (Å²) >= 11 is 0. The number of rotatable bonds is 1. The maximum Gasteiger partial charge on any atom is 0.243 e. The van der Waals surface area contributed by atoms with Crippen LogP contribution in [0, 0.1) is 0 Å². The molecule has 0 amide bonds. The molecule has 0 bridgehead atoms. The van der Waals surface area contributed by atoms with Crippen LogP contribution in [-0.2, 0) is 5.41 Å². The molecule has 1 N–H and O–H groups in total. The van der Waals surface area contributed by atoms with Crippen LogP contribution >= 0.6 is 0 Å². The van der Waals surface area contributed by atoms with Gasteiger partial charge in [0.1, 0.15) is 0 Å². The van der Waals surface area contributed by atoms with E-state index in [1.54, 1.807) is 0 Å². The molecular weight excluding hydrogens is 214 g/mol. The minimum Gasteiger partial charge on any atom is -0.338 e. The van der Waals surface area contributed by atoms with Gasteiger partial charge in [-0.05, 0) is 19.4 Å². The molecule has 0 spiro atoms. The lowest BCUT2D eigenvalue weighted by molar-refractivity contribution is 0.303. The Hall–Kier alpha value is -0.900. The predicted molar refractivity (Wildman–Crippen MR) is 66.8 cm³/mol. The van der Waals surface area contributed by atoms with Crippen molar-refractivity contribution in [3.8, 4) is 0 Å². The molecule has 0 aliphatic carbocycles. The Balaban J connectivity index is 2.07. The second-order valence-electron chi connectivity index (χ2n) is 5.92. The molecule has 4 heteroatoms. The Labute approximate surface area is 103 Å². The highest BCUT2D eigenvalue weighted by Crippen LogP contribution is 2.24. The Kier molecular flexibility index (Phi) is 3.82. The van der Waals surface area contributed by atoms with Gasteiger partial charge < -0.3 is 9.84 Å². The maximum absolute atomic E-state index is 5.40. The molecule has 1 aromatic heterocycles. The van der Waals surface area contributed by atoms with Gasteiger partial charge in [-0.3, -0.25) is 0 Å². The fourth-order valence-electron chi connectivity index (χ4n) is 2.10. The van der Waals surface area contributed by atoms with E-state index >= 15 is 0 Å². The van der Waals surface area contributed by atoms with Gasteiger partial charge in [0.05, 0.1) is 6.04 Å². The number of nitrogens with one attached hydrogen (secondary N) is 1. The quantitative estimate of drug-likeness (QED) is 0.816. The van der Waals surface area contributed by atoms with E-state index in [9.17, 15) is 0 Å². The molecule has 1 aliphatic heterocycles. The summed E-state index contributed by atoms with van der Waals surface area (Å²) in [4.78, 5) is 4.54. The zero-order valence-corrected chi connectivity index (χ0v) is 11.1. The number of aromatic nitrogens is 2. The lowest BCUT2D eigenvalue weighted by atomic mass is 9.96. The topological polar surface area (TPSA) is 51.0 Å². The van der Waals surface area contributed by atoms with E-state index in [2.05, 4.69) is 36.2 Å². The van der Waals surface area contributed by atoms with Crippen molar-refractivity contribution in [3.63, 3.8) is 0 Å². The second kappa shape index (κ2) is 5.17. The van der Waals surface area contributed by atoms with Crippen LogP contribution in [0.15, 0.2) is 4.52 Å². The highest BCUT2D eigenvalue weighted by Gasteiger charge is 2.24. The van der Waals surface area contributed by atoms with Crippen molar-refractivity contribution in [2.75, 3.05) is 6.54 Å². The molecule has 1 saturated heterocycles. The van der Waals surface area contributed by atoms with Gasteiger partial charge in [0.2, 0.25) is 5.89 Å². The van der Waals surface area contributed by atoms with Crippen molar-refractivity contribution in [2.45, 2.75) is 64.3 Å². The molecule has 0 radical (unpaired) electrons. The first-order valence-corrected chi connectivity index (χ1v) is 6.65. The van der Waals surface area contributed by atoms with E-state index in [1.807, 2.05) is 0 Å². The standard InChI is InChI=1S/C13H23N3O/c1-13(2,3)12-15-11(17-16-12)10-8-6-4-5-7-9-14-10/h10,14H,4-9H2,1-3H3. The summed E-state index contributed by atoms with van der Waals surface area (Å²) in [7, 11) is 0. The van der Waals surface area contributed by atoms with Crippen molar-refractivity contribution >= 4 is 0 Å². The predicted octanol–water partition coefficient (Wildman–Crippen LogP) is 2.96. The summed E-state index contributed by atoms with van der Waals surface area (Å²) in [6, 6.07) is 0.249. The third-order valence-corrected chi connectivity index (χ3v) is 3.22. The van der Waals surface area contributed by atoms with Gasteiger partial charge in [-0.2, -0.15) is 4.98 Å². The zero-order chi connectivity index (χ0) is 12.3. The summed E-state index contributed by atoms with van der Waals surface area (Å²) in [5.41, 5.74) is -0.0383. The molecular formula is C13H23N3O. The van der Waals surface area contributed by atoms with Crippen LogP contribution in [0.25, 0.3) is 0 Å². The van der Waals surface area contributed by atoms with Gasteiger partial charge in [-0.1, -0.05) is 45.2 Å². The monoisotopic (exact) mass is 237 g/mol. The molecule has 1 aromatic rings. The smallest absolute Gasteiger partial charge is 0.243 e. The minimum absolute atomic E-state index is 0.0383. The van der Waals surface area contributed by atoms with Crippen molar-refractivity contribution < 1.29 is 4.52 Å². The van der Waals surface area contributed by atoms with Crippen molar-refractivity contribution in [3.05, 3.63) is 11.7 Å². The van der Waals surface area contributed by atoms with Crippen molar-refractivity contribution in [1.82, 2.24) is 15.5 Å². The molecule has 1 aliphatic rings. The zero-order valence-electron chi connectivity index (χ0n) is 11.1. The third kappa shape index (κ3) is 3.28. The lowest BCUT2D eigenvalue weighted by Gasteiger charge is -2.17. The average molecular weight is 237 g/mol. The first kappa shape index (κ1) is 12.6. The maximum atomic E-state index is 5.40. The largest absolute Gasteiger partial charge is 0.338 e. The summed E-state index contributed by atoms with van der Waals surface area (Å²) in [5.74, 6) is 1.56. The molecule has 17 heavy (non-hydrogen) atoms. The fourth-order valence-corrected chi connectivity index (χ4v) is 2.10.